The van der Waals surface area contributed by atoms with Gasteiger partial charge in [0.15, 0.2) is 5.76 Å². The van der Waals surface area contributed by atoms with Crippen LogP contribution in [0.3, 0.4) is 0 Å². The predicted octanol–water partition coefficient (Wildman–Crippen LogP) is 10.4. The number of halogens is 2. The Morgan fingerprint density at radius 2 is 1.87 bits per heavy atom. The Hall–Kier alpha value is -4.36. The van der Waals surface area contributed by atoms with Crippen LogP contribution in [-0.4, -0.2) is 29.6 Å². The monoisotopic (exact) mass is 637 g/mol. The highest BCUT2D eigenvalue weighted by Gasteiger charge is 2.24. The molecule has 1 aromatic heterocycles. The van der Waals surface area contributed by atoms with Crippen molar-refractivity contribution in [3.05, 3.63) is 125 Å². The van der Waals surface area contributed by atoms with E-state index in [-0.39, 0.29) is 18.8 Å². The van der Waals surface area contributed by atoms with E-state index in [2.05, 4.69) is 18.5 Å². The quantitative estimate of drug-likeness (QED) is 0.226. The van der Waals surface area contributed by atoms with Gasteiger partial charge in [0.05, 0.1) is 0 Å². The molecule has 3 rings (SSSR count). The van der Waals surface area contributed by atoms with Gasteiger partial charge >= 0.3 is 5.97 Å². The molecule has 1 aliphatic carbocycles. The average Bonchev–Trinajstić information content (AvgIpc) is 3.31. The van der Waals surface area contributed by atoms with E-state index in [0.29, 0.717) is 22.8 Å². The number of nitrogens with one attached hydrogen (secondary N) is 1. The molecule has 0 spiro atoms. The van der Waals surface area contributed by atoms with Crippen LogP contribution < -0.4 is 5.32 Å². The van der Waals surface area contributed by atoms with E-state index in [1.807, 2.05) is 71.0 Å². The van der Waals surface area contributed by atoms with Crippen molar-refractivity contribution in [2.75, 3.05) is 6.61 Å². The van der Waals surface area contributed by atoms with Crippen LogP contribution in [0.1, 0.15) is 76.9 Å². The normalized spacial score (nSPS) is 13.8. The second-order valence-corrected chi connectivity index (χ2v) is 10.5. The number of aliphatic carboxylic acids is 1. The van der Waals surface area contributed by atoms with E-state index in [1.54, 1.807) is 37.3 Å². The second kappa shape index (κ2) is 20.6. The molecule has 1 aliphatic rings. The smallest absolute Gasteiger partial charge is 0.326 e. The van der Waals surface area contributed by atoms with Gasteiger partial charge in [0.2, 0.25) is 0 Å². The third kappa shape index (κ3) is 14.3. The van der Waals surface area contributed by atoms with Crippen LogP contribution in [0, 0.1) is 0 Å². The molecule has 8 heteroatoms. The molecule has 45 heavy (non-hydrogen) atoms. The molecule has 1 unspecified atom stereocenters. The minimum Gasteiger partial charge on any atom is -0.489 e. The highest BCUT2D eigenvalue weighted by Crippen LogP contribution is 2.25. The molecule has 2 N–H and O–H groups in total. The van der Waals surface area contributed by atoms with Crippen molar-refractivity contribution < 1.29 is 28.2 Å². The summed E-state index contributed by atoms with van der Waals surface area (Å²) < 4.78 is 24.6. The number of furan rings is 1. The first-order chi connectivity index (χ1) is 21.4. The number of carbonyl (C=O) groups is 2. The van der Waals surface area contributed by atoms with E-state index < -0.39 is 23.7 Å². The summed E-state index contributed by atoms with van der Waals surface area (Å²) in [6, 6.07) is 6.15. The number of allylic oxidation sites excluding steroid dienone is 10. The van der Waals surface area contributed by atoms with Gasteiger partial charge in [-0.1, -0.05) is 93.6 Å². The fraction of sp³-hybridized carbons (Fsp3) is 0.297. The van der Waals surface area contributed by atoms with Gasteiger partial charge in [-0.3, -0.25) is 4.79 Å². The molecule has 1 aromatic carbocycles. The standard InChI is InChI=1S/C32H34FNO5.C3H5Cl.C2H6/c1-5-8-24(12-11-22(4)33)20-38-27-10-7-9-23(13-16-27)17-28(32(36)37)34-31(35)30-19-26-15-14-25(21(3)6-2)18-29(26)39-30;1-3(2)4;1-2/h6-8,10-16,18-19,28H,4-5,9,17,20H2,1-3H3,(H,34,35)(H,36,37);1H2,2H3;1-2H3/b12-11-,21-6+,24-8+;;. The first-order valence-electron chi connectivity index (χ1n) is 14.9. The summed E-state index contributed by atoms with van der Waals surface area (Å²) in [5, 5.41) is 13.8. The van der Waals surface area contributed by atoms with Crippen molar-refractivity contribution in [2.45, 2.75) is 66.8 Å². The van der Waals surface area contributed by atoms with Gasteiger partial charge in [0.25, 0.3) is 5.91 Å². The van der Waals surface area contributed by atoms with Crippen LogP contribution in [0.25, 0.3) is 16.5 Å². The Morgan fingerprint density at radius 1 is 1.18 bits per heavy atom. The Morgan fingerprint density at radius 3 is 2.47 bits per heavy atom. The zero-order valence-electron chi connectivity index (χ0n) is 27.1. The lowest BCUT2D eigenvalue weighted by Gasteiger charge is -2.15. The van der Waals surface area contributed by atoms with Crippen LogP contribution in [0.15, 0.2) is 118 Å². The highest BCUT2D eigenvalue weighted by molar-refractivity contribution is 6.28. The number of fused-ring (bicyclic) bond motifs is 1. The molecule has 0 radical (unpaired) electrons. The molecular formula is C37H45ClFNO5. The van der Waals surface area contributed by atoms with Gasteiger partial charge in [-0.15, -0.1) is 0 Å². The Balaban J connectivity index is 0.00000156. The Kier molecular flexibility index (Phi) is 17.7. The summed E-state index contributed by atoms with van der Waals surface area (Å²) >= 11 is 5.08. The molecule has 6 nitrogen and oxygen atoms in total. The number of carboxylic acid groups (broad SMARTS) is 1. The zero-order chi connectivity index (χ0) is 33.9. The summed E-state index contributed by atoms with van der Waals surface area (Å²) in [5.74, 6) is -1.63. The fourth-order valence-corrected chi connectivity index (χ4v) is 3.95. The third-order valence-electron chi connectivity index (χ3n) is 6.20. The molecule has 2 aromatic rings. The minimum absolute atomic E-state index is 0.0539. The number of hydrogen-bond donors (Lipinski definition) is 2. The van der Waals surface area contributed by atoms with Crippen LogP contribution >= 0.6 is 11.6 Å². The summed E-state index contributed by atoms with van der Waals surface area (Å²) in [6.07, 6.45) is 15.4. The number of hydrogen-bond acceptors (Lipinski definition) is 4. The van der Waals surface area contributed by atoms with Gasteiger partial charge in [-0.05, 0) is 87.1 Å². The number of rotatable bonds is 12. The van der Waals surface area contributed by atoms with Crippen molar-refractivity contribution in [3.8, 4) is 0 Å². The molecule has 0 saturated heterocycles. The van der Waals surface area contributed by atoms with Crippen molar-refractivity contribution in [2.24, 2.45) is 0 Å². The van der Waals surface area contributed by atoms with Crippen LogP contribution in [0.4, 0.5) is 4.39 Å². The van der Waals surface area contributed by atoms with Crippen molar-refractivity contribution in [1.82, 2.24) is 5.32 Å². The van der Waals surface area contributed by atoms with Gasteiger partial charge < -0.3 is 19.6 Å². The molecule has 1 atom stereocenters. The van der Waals surface area contributed by atoms with E-state index in [0.717, 1.165) is 34.1 Å². The molecule has 1 amide bonds. The molecule has 0 aliphatic heterocycles. The number of carbonyl (C=O) groups excluding carboxylic acids is 1. The molecule has 0 fully saturated rings. The number of amides is 1. The highest BCUT2D eigenvalue weighted by atomic mass is 35.5. The first kappa shape index (κ1) is 38.7. The number of benzene rings is 1. The average molecular weight is 638 g/mol. The fourth-order valence-electron chi connectivity index (χ4n) is 3.95. The van der Waals surface area contributed by atoms with E-state index in [1.165, 1.54) is 6.08 Å². The van der Waals surface area contributed by atoms with E-state index in [4.69, 9.17) is 20.8 Å². The number of ether oxygens (including phenoxy) is 1. The lowest BCUT2D eigenvalue weighted by atomic mass is 10.0. The third-order valence-corrected chi connectivity index (χ3v) is 6.20. The van der Waals surface area contributed by atoms with Crippen LogP contribution in [-0.2, 0) is 9.53 Å². The van der Waals surface area contributed by atoms with Gasteiger partial charge in [-0.25, -0.2) is 9.18 Å². The second-order valence-electron chi connectivity index (χ2n) is 9.84. The lowest BCUT2D eigenvalue weighted by Crippen LogP contribution is -2.40. The Bertz CT molecular complexity index is 1520. The van der Waals surface area contributed by atoms with Crippen molar-refractivity contribution in [1.29, 1.82) is 0 Å². The van der Waals surface area contributed by atoms with Crippen LogP contribution in [0.5, 0.6) is 0 Å². The first-order valence-corrected chi connectivity index (χ1v) is 15.2. The largest absolute Gasteiger partial charge is 0.489 e. The van der Waals surface area contributed by atoms with Gasteiger partial charge in [0.1, 0.15) is 29.8 Å². The van der Waals surface area contributed by atoms with Crippen molar-refractivity contribution in [3.63, 3.8) is 0 Å². The zero-order valence-corrected chi connectivity index (χ0v) is 27.8. The summed E-state index contributed by atoms with van der Waals surface area (Å²) in [4.78, 5) is 24.9. The molecule has 1 heterocycles. The SMILES string of the molecule is C=C(C)Cl.C=C(F)/C=C\C(=C/CC)COC1=CC=C(CC(NC(=O)c2cc3ccc(/C(C)=C/C)cc3o2)C(=O)O)CC=C1.CC. The summed E-state index contributed by atoms with van der Waals surface area (Å²) in [6.45, 7) is 18.4. The van der Waals surface area contributed by atoms with Gasteiger partial charge in [-0.2, -0.15) is 0 Å². The minimum atomic E-state index is -1.14. The van der Waals surface area contributed by atoms with E-state index >= 15 is 0 Å². The van der Waals surface area contributed by atoms with Crippen molar-refractivity contribution >= 4 is 40.0 Å². The van der Waals surface area contributed by atoms with E-state index in [9.17, 15) is 19.1 Å². The Labute approximate surface area is 271 Å². The van der Waals surface area contributed by atoms with Gasteiger partial charge in [0, 0.05) is 10.4 Å². The maximum Gasteiger partial charge on any atom is 0.326 e. The van der Waals surface area contributed by atoms with Crippen LogP contribution in [0.2, 0.25) is 0 Å². The lowest BCUT2D eigenvalue weighted by molar-refractivity contribution is -0.139. The molecule has 0 saturated carbocycles. The maximum atomic E-state index is 13.0. The predicted molar refractivity (Wildman–Crippen MR) is 185 cm³/mol. The molecule has 0 bridgehead atoms. The molecular weight excluding hydrogens is 593 g/mol. The maximum absolute atomic E-state index is 13.0. The summed E-state index contributed by atoms with van der Waals surface area (Å²) in [7, 11) is 0. The number of carboxylic acids is 1. The molecule has 242 valence electrons. The summed E-state index contributed by atoms with van der Waals surface area (Å²) in [5.41, 5.74) is 4.25. The topological polar surface area (TPSA) is 88.8 Å².